The Bertz CT molecular complexity index is 168. The fourth-order valence-corrected chi connectivity index (χ4v) is 0.807. The third-order valence-corrected chi connectivity index (χ3v) is 1.45. The number of aliphatic hydroxyl groups excluding tert-OH is 2. The molecule has 0 saturated carbocycles. The summed E-state index contributed by atoms with van der Waals surface area (Å²) in [5, 5.41) is 17.9. The monoisotopic (exact) mass is 126 g/mol. The van der Waals surface area contributed by atoms with Crippen molar-refractivity contribution in [3.8, 4) is 0 Å². The lowest BCUT2D eigenvalue weighted by molar-refractivity contribution is 0.209. The van der Waals surface area contributed by atoms with Gasteiger partial charge in [0.1, 0.15) is 5.76 Å². The molecular formula is C7H10O2. The molecule has 1 atom stereocenters. The topological polar surface area (TPSA) is 40.5 Å². The Labute approximate surface area is 54.1 Å². The second kappa shape index (κ2) is 2.23. The fourth-order valence-electron chi connectivity index (χ4n) is 0.807. The Balaban J connectivity index is 2.74. The SMILES string of the molecule is CC1=CC(O)=CCC1O. The van der Waals surface area contributed by atoms with Crippen LogP contribution in [0.3, 0.4) is 0 Å². The van der Waals surface area contributed by atoms with Crippen molar-refractivity contribution in [3.63, 3.8) is 0 Å². The Hall–Kier alpha value is -0.760. The second-order valence-electron chi connectivity index (χ2n) is 2.27. The summed E-state index contributed by atoms with van der Waals surface area (Å²) in [6, 6.07) is 0. The molecule has 0 aliphatic heterocycles. The van der Waals surface area contributed by atoms with Gasteiger partial charge in [-0.15, -0.1) is 0 Å². The summed E-state index contributed by atoms with van der Waals surface area (Å²) < 4.78 is 0. The van der Waals surface area contributed by atoms with Gasteiger partial charge in [0, 0.05) is 0 Å². The van der Waals surface area contributed by atoms with Gasteiger partial charge in [0.25, 0.3) is 0 Å². The van der Waals surface area contributed by atoms with E-state index in [0.717, 1.165) is 5.57 Å². The molecule has 0 aromatic heterocycles. The Morgan fingerprint density at radius 2 is 2.33 bits per heavy atom. The van der Waals surface area contributed by atoms with E-state index in [2.05, 4.69) is 0 Å². The number of aliphatic hydroxyl groups is 2. The fraction of sp³-hybridized carbons (Fsp3) is 0.429. The minimum Gasteiger partial charge on any atom is -0.508 e. The highest BCUT2D eigenvalue weighted by atomic mass is 16.3. The second-order valence-corrected chi connectivity index (χ2v) is 2.27. The maximum absolute atomic E-state index is 9.07. The van der Waals surface area contributed by atoms with Crippen LogP contribution >= 0.6 is 0 Å². The van der Waals surface area contributed by atoms with Crippen LogP contribution in [0.5, 0.6) is 0 Å². The molecule has 1 unspecified atom stereocenters. The quantitative estimate of drug-likeness (QED) is 0.511. The lowest BCUT2D eigenvalue weighted by atomic mass is 10.0. The number of hydrogen-bond donors (Lipinski definition) is 2. The summed E-state index contributed by atoms with van der Waals surface area (Å²) in [7, 11) is 0. The molecule has 1 aliphatic carbocycles. The summed E-state index contributed by atoms with van der Waals surface area (Å²) in [6.45, 7) is 1.80. The van der Waals surface area contributed by atoms with E-state index < -0.39 is 0 Å². The molecule has 0 fully saturated rings. The Morgan fingerprint density at radius 1 is 1.67 bits per heavy atom. The van der Waals surface area contributed by atoms with Crippen LogP contribution in [-0.4, -0.2) is 16.3 Å². The van der Waals surface area contributed by atoms with E-state index in [4.69, 9.17) is 10.2 Å². The average Bonchev–Trinajstić information content (AvgIpc) is 1.80. The molecule has 0 bridgehead atoms. The van der Waals surface area contributed by atoms with Crippen LogP contribution in [0.25, 0.3) is 0 Å². The summed E-state index contributed by atoms with van der Waals surface area (Å²) in [6.07, 6.45) is 3.33. The average molecular weight is 126 g/mol. The first-order valence-corrected chi connectivity index (χ1v) is 2.95. The van der Waals surface area contributed by atoms with Crippen molar-refractivity contribution in [2.75, 3.05) is 0 Å². The zero-order valence-electron chi connectivity index (χ0n) is 5.33. The molecule has 2 N–H and O–H groups in total. The van der Waals surface area contributed by atoms with Gasteiger partial charge in [-0.3, -0.25) is 0 Å². The highest BCUT2D eigenvalue weighted by Crippen LogP contribution is 2.14. The lowest BCUT2D eigenvalue weighted by Crippen LogP contribution is -2.10. The standard InChI is InChI=1S/C7H10O2/c1-5-4-6(8)2-3-7(5)9/h2,4,7-9H,3H2,1H3. The van der Waals surface area contributed by atoms with Crippen LogP contribution < -0.4 is 0 Å². The van der Waals surface area contributed by atoms with E-state index in [9.17, 15) is 0 Å². The van der Waals surface area contributed by atoms with Crippen LogP contribution in [0.4, 0.5) is 0 Å². The molecular weight excluding hydrogens is 116 g/mol. The van der Waals surface area contributed by atoms with E-state index in [-0.39, 0.29) is 11.9 Å². The van der Waals surface area contributed by atoms with Crippen molar-refractivity contribution in [3.05, 3.63) is 23.5 Å². The van der Waals surface area contributed by atoms with Gasteiger partial charge in [0.2, 0.25) is 0 Å². The molecule has 0 heterocycles. The van der Waals surface area contributed by atoms with Crippen molar-refractivity contribution in [1.82, 2.24) is 0 Å². The van der Waals surface area contributed by atoms with Crippen LogP contribution in [0, 0.1) is 0 Å². The summed E-state index contributed by atoms with van der Waals surface area (Å²) >= 11 is 0. The molecule has 1 aliphatic rings. The van der Waals surface area contributed by atoms with Gasteiger partial charge in [0.15, 0.2) is 0 Å². The van der Waals surface area contributed by atoms with Crippen LogP contribution in [0.2, 0.25) is 0 Å². The van der Waals surface area contributed by atoms with E-state index in [1.807, 2.05) is 0 Å². The first kappa shape index (κ1) is 6.36. The Kier molecular flexibility index (Phi) is 1.58. The molecule has 50 valence electrons. The van der Waals surface area contributed by atoms with Crippen LogP contribution in [-0.2, 0) is 0 Å². The largest absolute Gasteiger partial charge is 0.508 e. The summed E-state index contributed by atoms with van der Waals surface area (Å²) in [5.74, 6) is 0.262. The molecule has 0 aromatic carbocycles. The van der Waals surface area contributed by atoms with E-state index >= 15 is 0 Å². The predicted molar refractivity (Wildman–Crippen MR) is 35.1 cm³/mol. The van der Waals surface area contributed by atoms with E-state index in [1.165, 1.54) is 0 Å². The lowest BCUT2D eigenvalue weighted by Gasteiger charge is -2.12. The minimum absolute atomic E-state index is 0.262. The molecule has 0 radical (unpaired) electrons. The normalized spacial score (nSPS) is 27.1. The molecule has 0 saturated heterocycles. The minimum atomic E-state index is -0.388. The van der Waals surface area contributed by atoms with Gasteiger partial charge >= 0.3 is 0 Å². The van der Waals surface area contributed by atoms with Gasteiger partial charge in [-0.2, -0.15) is 0 Å². The van der Waals surface area contributed by atoms with Crippen molar-refractivity contribution in [2.24, 2.45) is 0 Å². The van der Waals surface area contributed by atoms with Crippen molar-refractivity contribution in [1.29, 1.82) is 0 Å². The smallest absolute Gasteiger partial charge is 0.111 e. The van der Waals surface area contributed by atoms with Crippen molar-refractivity contribution < 1.29 is 10.2 Å². The molecule has 2 nitrogen and oxygen atoms in total. The van der Waals surface area contributed by atoms with Crippen molar-refractivity contribution in [2.45, 2.75) is 19.4 Å². The van der Waals surface area contributed by atoms with Gasteiger partial charge in [-0.25, -0.2) is 0 Å². The van der Waals surface area contributed by atoms with Crippen LogP contribution in [0.15, 0.2) is 23.5 Å². The van der Waals surface area contributed by atoms with Crippen molar-refractivity contribution >= 4 is 0 Å². The predicted octanol–water partition coefficient (Wildman–Crippen LogP) is 1.14. The van der Waals surface area contributed by atoms with E-state index in [0.29, 0.717) is 6.42 Å². The first-order valence-electron chi connectivity index (χ1n) is 2.95. The molecule has 0 amide bonds. The molecule has 2 heteroatoms. The maximum Gasteiger partial charge on any atom is 0.111 e. The molecule has 0 aromatic rings. The van der Waals surface area contributed by atoms with Gasteiger partial charge in [0.05, 0.1) is 6.10 Å². The highest BCUT2D eigenvalue weighted by Gasteiger charge is 2.09. The first-order chi connectivity index (χ1) is 4.20. The van der Waals surface area contributed by atoms with Gasteiger partial charge in [-0.1, -0.05) is 0 Å². The highest BCUT2D eigenvalue weighted by molar-refractivity contribution is 5.24. The molecule has 1 rings (SSSR count). The number of hydrogen-bond acceptors (Lipinski definition) is 2. The zero-order chi connectivity index (χ0) is 6.85. The van der Waals surface area contributed by atoms with E-state index in [1.54, 1.807) is 19.1 Å². The van der Waals surface area contributed by atoms with Gasteiger partial charge in [-0.05, 0) is 31.1 Å². The zero-order valence-corrected chi connectivity index (χ0v) is 5.33. The molecule has 9 heavy (non-hydrogen) atoms. The summed E-state index contributed by atoms with van der Waals surface area (Å²) in [4.78, 5) is 0. The number of allylic oxidation sites excluding steroid dienone is 1. The molecule has 0 spiro atoms. The van der Waals surface area contributed by atoms with Gasteiger partial charge < -0.3 is 10.2 Å². The number of rotatable bonds is 0. The summed E-state index contributed by atoms with van der Waals surface area (Å²) in [5.41, 5.74) is 0.829. The Morgan fingerprint density at radius 3 is 2.78 bits per heavy atom. The third-order valence-electron chi connectivity index (χ3n) is 1.45. The maximum atomic E-state index is 9.07. The van der Waals surface area contributed by atoms with Crippen LogP contribution in [0.1, 0.15) is 13.3 Å². The third kappa shape index (κ3) is 1.33.